The van der Waals surface area contributed by atoms with Crippen LogP contribution in [0.15, 0.2) is 12.1 Å². The first-order chi connectivity index (χ1) is 11.5. The minimum atomic E-state index is -1.75. The van der Waals surface area contributed by atoms with Gasteiger partial charge < -0.3 is 4.18 Å². The molecule has 3 nitrogen and oxygen atoms in total. The van der Waals surface area contributed by atoms with Crippen LogP contribution in [0, 0.1) is 17.3 Å². The fourth-order valence-corrected chi connectivity index (χ4v) is 6.41. The average molecular weight is 348 g/mol. The number of hydrogen-bond donors (Lipinski definition) is 1. The van der Waals surface area contributed by atoms with E-state index in [-0.39, 0.29) is 0 Å². The first-order valence-corrected chi connectivity index (χ1v) is 10.7. The minimum absolute atomic E-state index is 0.603. The van der Waals surface area contributed by atoms with E-state index >= 15 is 0 Å². The maximum Gasteiger partial charge on any atom is 0.285 e. The second-order valence-electron chi connectivity index (χ2n) is 8.36. The van der Waals surface area contributed by atoms with Crippen LogP contribution in [-0.4, -0.2) is 4.21 Å². The second kappa shape index (κ2) is 6.14. The van der Waals surface area contributed by atoms with Gasteiger partial charge in [0, 0.05) is 0 Å². The molecule has 0 aromatic heterocycles. The van der Waals surface area contributed by atoms with E-state index in [2.05, 4.69) is 26.0 Å². The van der Waals surface area contributed by atoms with Crippen molar-refractivity contribution in [2.24, 2.45) is 22.4 Å². The molecule has 4 heteroatoms. The van der Waals surface area contributed by atoms with Crippen LogP contribution in [0.3, 0.4) is 0 Å². The molecule has 2 N–H and O–H groups in total. The van der Waals surface area contributed by atoms with Crippen LogP contribution in [0.2, 0.25) is 0 Å². The number of fused-ring (bicyclic) bond motifs is 5. The van der Waals surface area contributed by atoms with Crippen molar-refractivity contribution in [3.8, 4) is 5.75 Å². The minimum Gasteiger partial charge on any atom is -0.389 e. The van der Waals surface area contributed by atoms with Crippen molar-refractivity contribution in [3.63, 3.8) is 0 Å². The normalized spacial score (nSPS) is 35.7. The molecule has 0 bridgehead atoms. The molecule has 3 aliphatic rings. The largest absolute Gasteiger partial charge is 0.389 e. The van der Waals surface area contributed by atoms with Crippen molar-refractivity contribution in [2.45, 2.75) is 71.1 Å². The van der Waals surface area contributed by atoms with E-state index in [1.165, 1.54) is 44.1 Å². The third-order valence-electron chi connectivity index (χ3n) is 7.24. The van der Waals surface area contributed by atoms with Gasteiger partial charge in [0.05, 0.1) is 0 Å². The zero-order valence-corrected chi connectivity index (χ0v) is 15.7. The van der Waals surface area contributed by atoms with E-state index in [0.29, 0.717) is 11.3 Å². The van der Waals surface area contributed by atoms with Gasteiger partial charge in [-0.1, -0.05) is 26.3 Å². The Morgan fingerprint density at radius 3 is 2.88 bits per heavy atom. The Labute approximate surface area is 148 Å². The Hall–Kier alpha value is -0.870. The van der Waals surface area contributed by atoms with E-state index < -0.39 is 11.3 Å². The standard InChI is InChI=1S/C20H29NO2S/c1-3-13-11-17-14(12-19(13)23-24(21)22)6-7-16-15(17)8-10-20(2)9-4-5-18(16)20/h11-12,15-16,18H,3-10,21H2,1-2H3. The van der Waals surface area contributed by atoms with E-state index in [9.17, 15) is 4.21 Å². The van der Waals surface area contributed by atoms with Gasteiger partial charge in [-0.25, -0.2) is 5.14 Å². The summed E-state index contributed by atoms with van der Waals surface area (Å²) < 4.78 is 16.7. The lowest BCUT2D eigenvalue weighted by atomic mass is 9.56. The van der Waals surface area contributed by atoms with Crippen LogP contribution in [-0.2, 0) is 24.1 Å². The molecule has 0 saturated heterocycles. The lowest BCUT2D eigenvalue weighted by Gasteiger charge is -2.49. The van der Waals surface area contributed by atoms with Crippen LogP contribution < -0.4 is 9.32 Å². The Kier molecular flexibility index (Phi) is 4.24. The van der Waals surface area contributed by atoms with Gasteiger partial charge in [-0.15, -0.1) is 0 Å². The molecule has 5 atom stereocenters. The number of aryl methyl sites for hydroxylation is 2. The molecular formula is C20H29NO2S. The van der Waals surface area contributed by atoms with Gasteiger partial charge in [-0.3, -0.25) is 0 Å². The maximum absolute atomic E-state index is 11.3. The second-order valence-corrected chi connectivity index (χ2v) is 9.04. The molecule has 3 aliphatic carbocycles. The molecule has 1 aromatic rings. The Balaban J connectivity index is 1.70. The molecule has 0 amide bonds. The maximum atomic E-state index is 11.3. The molecular weight excluding hydrogens is 318 g/mol. The summed E-state index contributed by atoms with van der Waals surface area (Å²) in [6.45, 7) is 4.67. The highest BCUT2D eigenvalue weighted by Gasteiger charge is 2.50. The van der Waals surface area contributed by atoms with Crippen molar-refractivity contribution >= 4 is 11.3 Å². The number of rotatable bonds is 3. The highest BCUT2D eigenvalue weighted by Crippen LogP contribution is 2.61. The van der Waals surface area contributed by atoms with Gasteiger partial charge in [0.2, 0.25) is 0 Å². The quantitative estimate of drug-likeness (QED) is 0.880. The van der Waals surface area contributed by atoms with E-state index in [4.69, 9.17) is 9.32 Å². The topological polar surface area (TPSA) is 52.3 Å². The van der Waals surface area contributed by atoms with E-state index in [1.54, 1.807) is 5.56 Å². The molecule has 132 valence electrons. The molecule has 0 radical (unpaired) electrons. The number of hydrogen-bond acceptors (Lipinski definition) is 2. The summed E-state index contributed by atoms with van der Waals surface area (Å²) >= 11 is -1.75. The fraction of sp³-hybridized carbons (Fsp3) is 0.700. The summed E-state index contributed by atoms with van der Waals surface area (Å²) in [5, 5.41) is 5.35. The van der Waals surface area contributed by atoms with Crippen LogP contribution in [0.1, 0.15) is 75.0 Å². The zero-order valence-electron chi connectivity index (χ0n) is 14.8. The van der Waals surface area contributed by atoms with Crippen LogP contribution in [0.25, 0.3) is 0 Å². The predicted molar refractivity (Wildman–Crippen MR) is 98.0 cm³/mol. The van der Waals surface area contributed by atoms with Gasteiger partial charge in [-0.05, 0) is 90.9 Å². The van der Waals surface area contributed by atoms with E-state index in [1.807, 2.05) is 0 Å². The van der Waals surface area contributed by atoms with Crippen molar-refractivity contribution in [3.05, 3.63) is 28.8 Å². The highest BCUT2D eigenvalue weighted by molar-refractivity contribution is 7.78. The summed E-state index contributed by atoms with van der Waals surface area (Å²) in [6.07, 6.45) is 10.3. The van der Waals surface area contributed by atoms with Crippen LogP contribution >= 0.6 is 0 Å². The zero-order chi connectivity index (χ0) is 16.9. The summed E-state index contributed by atoms with van der Waals surface area (Å²) in [5.74, 6) is 3.21. The summed E-state index contributed by atoms with van der Waals surface area (Å²) in [5.41, 5.74) is 4.70. The lowest BCUT2D eigenvalue weighted by Crippen LogP contribution is -2.39. The molecule has 0 aliphatic heterocycles. The summed E-state index contributed by atoms with van der Waals surface area (Å²) in [4.78, 5) is 0. The summed E-state index contributed by atoms with van der Waals surface area (Å²) in [7, 11) is 0. The van der Waals surface area contributed by atoms with Gasteiger partial charge in [-0.2, -0.15) is 4.21 Å². The Morgan fingerprint density at radius 1 is 1.29 bits per heavy atom. The van der Waals surface area contributed by atoms with Crippen molar-refractivity contribution < 1.29 is 8.39 Å². The molecule has 5 unspecified atom stereocenters. The van der Waals surface area contributed by atoms with Crippen LogP contribution in [0.5, 0.6) is 5.75 Å². The molecule has 0 heterocycles. The monoisotopic (exact) mass is 347 g/mol. The predicted octanol–water partition coefficient (Wildman–Crippen LogP) is 4.41. The molecule has 2 fully saturated rings. The highest BCUT2D eigenvalue weighted by atomic mass is 32.2. The third-order valence-corrected chi connectivity index (χ3v) is 7.58. The van der Waals surface area contributed by atoms with Gasteiger partial charge in [0.25, 0.3) is 11.3 Å². The molecule has 1 aromatic carbocycles. The third kappa shape index (κ3) is 2.62. The molecule has 2 saturated carbocycles. The van der Waals surface area contributed by atoms with Crippen molar-refractivity contribution in [2.75, 3.05) is 0 Å². The Bertz CT molecular complexity index is 674. The van der Waals surface area contributed by atoms with Crippen molar-refractivity contribution in [1.82, 2.24) is 0 Å². The molecule has 0 spiro atoms. The van der Waals surface area contributed by atoms with Crippen molar-refractivity contribution in [1.29, 1.82) is 0 Å². The first-order valence-electron chi connectivity index (χ1n) is 9.52. The van der Waals surface area contributed by atoms with Crippen LogP contribution in [0.4, 0.5) is 0 Å². The Morgan fingerprint density at radius 2 is 2.12 bits per heavy atom. The number of benzene rings is 1. The fourth-order valence-electron chi connectivity index (χ4n) is 6.08. The summed E-state index contributed by atoms with van der Waals surface area (Å²) in [6, 6.07) is 4.46. The lowest BCUT2D eigenvalue weighted by molar-refractivity contribution is 0.0598. The van der Waals surface area contributed by atoms with Gasteiger partial charge in [0.15, 0.2) is 0 Å². The SMILES string of the molecule is CCc1cc2c(cc1OS(N)=O)CCC1C2CCC2(C)CCCC12. The smallest absolute Gasteiger partial charge is 0.285 e. The number of nitrogens with two attached hydrogens (primary N) is 1. The molecule has 4 rings (SSSR count). The van der Waals surface area contributed by atoms with E-state index in [0.717, 1.165) is 36.0 Å². The first kappa shape index (κ1) is 16.6. The average Bonchev–Trinajstić information content (AvgIpc) is 2.95. The molecule has 24 heavy (non-hydrogen) atoms. The van der Waals surface area contributed by atoms with Gasteiger partial charge in [0.1, 0.15) is 5.75 Å². The van der Waals surface area contributed by atoms with Gasteiger partial charge >= 0.3 is 0 Å².